The Labute approximate surface area is 167 Å². The Bertz CT molecular complexity index is 761. The number of benzene rings is 1. The summed E-state index contributed by atoms with van der Waals surface area (Å²) in [5, 5.41) is 12.2. The number of hydrogen-bond acceptors (Lipinski definition) is 8. The van der Waals surface area contributed by atoms with Gasteiger partial charge in [-0.2, -0.15) is 0 Å². The maximum atomic E-state index is 12.5. The van der Waals surface area contributed by atoms with Crippen molar-refractivity contribution < 1.29 is 14.3 Å². The number of hydrogen-bond donors (Lipinski definition) is 1. The van der Waals surface area contributed by atoms with Crippen LogP contribution in [0.15, 0.2) is 28.6 Å². The van der Waals surface area contributed by atoms with E-state index in [1.165, 1.54) is 23.1 Å². The molecular weight excluding hydrogens is 384 g/mol. The second-order valence-corrected chi connectivity index (χ2v) is 8.47. The first kappa shape index (κ1) is 19.9. The van der Waals surface area contributed by atoms with Crippen LogP contribution in [0.2, 0.25) is 0 Å². The number of nitrogens with zero attached hydrogens (tertiary/aromatic N) is 3. The van der Waals surface area contributed by atoms with Gasteiger partial charge in [-0.25, -0.2) is 0 Å². The zero-order valence-corrected chi connectivity index (χ0v) is 17.3. The van der Waals surface area contributed by atoms with Crippen LogP contribution < -0.4 is 10.1 Å². The van der Waals surface area contributed by atoms with E-state index in [9.17, 15) is 4.79 Å². The van der Waals surface area contributed by atoms with E-state index in [0.29, 0.717) is 30.6 Å². The summed E-state index contributed by atoms with van der Waals surface area (Å²) in [5.41, 5.74) is 0.847. The normalized spacial score (nSPS) is 19.7. The van der Waals surface area contributed by atoms with Gasteiger partial charge in [0.25, 0.3) is 0 Å². The van der Waals surface area contributed by atoms with Gasteiger partial charge in [0, 0.05) is 13.1 Å². The highest BCUT2D eigenvalue weighted by atomic mass is 32.2. The molecule has 0 bridgehead atoms. The highest BCUT2D eigenvalue weighted by molar-refractivity contribution is 8.01. The molecule has 7 nitrogen and oxygen atoms in total. The number of para-hydroxylation sites is 2. The van der Waals surface area contributed by atoms with Crippen LogP contribution in [0.25, 0.3) is 0 Å². The van der Waals surface area contributed by atoms with Crippen LogP contribution >= 0.6 is 23.1 Å². The van der Waals surface area contributed by atoms with E-state index >= 15 is 0 Å². The lowest BCUT2D eigenvalue weighted by atomic mass is 10.2. The highest BCUT2D eigenvalue weighted by Crippen LogP contribution is 2.31. The molecule has 1 aromatic carbocycles. The van der Waals surface area contributed by atoms with Crippen molar-refractivity contribution in [2.24, 2.45) is 0 Å². The highest BCUT2D eigenvalue weighted by Gasteiger charge is 2.26. The van der Waals surface area contributed by atoms with Gasteiger partial charge in [0.15, 0.2) is 4.34 Å². The van der Waals surface area contributed by atoms with Crippen LogP contribution in [0.1, 0.15) is 20.8 Å². The van der Waals surface area contributed by atoms with Gasteiger partial charge < -0.3 is 19.7 Å². The summed E-state index contributed by atoms with van der Waals surface area (Å²) in [6.07, 6.45) is 0.149. The number of anilines is 2. The predicted octanol–water partition coefficient (Wildman–Crippen LogP) is 3.41. The summed E-state index contributed by atoms with van der Waals surface area (Å²) in [6, 6.07) is 7.70. The molecule has 1 amide bonds. The maximum absolute atomic E-state index is 12.5. The van der Waals surface area contributed by atoms with Gasteiger partial charge in [-0.1, -0.05) is 35.2 Å². The number of ether oxygens (including phenoxy) is 2. The van der Waals surface area contributed by atoms with Crippen molar-refractivity contribution >= 4 is 39.8 Å². The molecule has 1 aromatic heterocycles. The molecule has 0 unspecified atom stereocenters. The van der Waals surface area contributed by atoms with Crippen molar-refractivity contribution in [2.75, 3.05) is 30.8 Å². The fraction of sp³-hybridized carbons (Fsp3) is 0.500. The van der Waals surface area contributed by atoms with E-state index in [0.717, 1.165) is 15.8 Å². The topological polar surface area (TPSA) is 76.6 Å². The summed E-state index contributed by atoms with van der Waals surface area (Å²) in [5.74, 6) is 1.23. The molecule has 2 heterocycles. The number of morpholine rings is 1. The minimum absolute atomic E-state index is 0.0745. The van der Waals surface area contributed by atoms with Crippen LogP contribution in [0.4, 0.5) is 10.8 Å². The van der Waals surface area contributed by atoms with E-state index < -0.39 is 0 Å². The summed E-state index contributed by atoms with van der Waals surface area (Å²) in [4.78, 5) is 14.3. The molecule has 146 valence electrons. The first-order chi connectivity index (χ1) is 13.0. The lowest BCUT2D eigenvalue weighted by molar-refractivity contribution is -0.140. The summed E-state index contributed by atoms with van der Waals surface area (Å²) < 4.78 is 12.0. The number of carbonyl (C=O) groups excluding carboxylic acids is 1. The first-order valence-corrected chi connectivity index (χ1v) is 10.7. The van der Waals surface area contributed by atoms with Crippen molar-refractivity contribution in [2.45, 2.75) is 37.3 Å². The number of amides is 1. The minimum atomic E-state index is 0.0745. The standard InChI is InChI=1S/C18H24N4O3S2/c1-4-24-15-8-6-5-7-14(15)19-17-20-21-18(27-17)26-11-16(23)22-9-12(2)25-13(3)10-22/h5-8,12-13H,4,9-11H2,1-3H3,(H,19,20)/t12-,13-/m0/s1. The number of aromatic nitrogens is 2. The summed E-state index contributed by atoms with van der Waals surface area (Å²) in [6.45, 7) is 7.81. The molecule has 1 fully saturated rings. The smallest absolute Gasteiger partial charge is 0.233 e. The van der Waals surface area contributed by atoms with E-state index in [1.54, 1.807) is 0 Å². The van der Waals surface area contributed by atoms with Gasteiger partial charge in [-0.05, 0) is 32.9 Å². The van der Waals surface area contributed by atoms with Gasteiger partial charge >= 0.3 is 0 Å². The molecule has 27 heavy (non-hydrogen) atoms. The van der Waals surface area contributed by atoms with Gasteiger partial charge in [-0.15, -0.1) is 10.2 Å². The van der Waals surface area contributed by atoms with E-state index in [2.05, 4.69) is 15.5 Å². The molecule has 0 radical (unpaired) electrons. The zero-order valence-electron chi connectivity index (χ0n) is 15.7. The number of rotatable bonds is 7. The lowest BCUT2D eigenvalue weighted by Crippen LogP contribution is -2.48. The Balaban J connectivity index is 1.55. The molecule has 0 spiro atoms. The fourth-order valence-electron chi connectivity index (χ4n) is 2.88. The molecule has 3 rings (SSSR count). The fourth-order valence-corrected chi connectivity index (χ4v) is 4.55. The minimum Gasteiger partial charge on any atom is -0.492 e. The van der Waals surface area contributed by atoms with Crippen molar-refractivity contribution in [1.82, 2.24) is 15.1 Å². The van der Waals surface area contributed by atoms with Crippen molar-refractivity contribution in [1.29, 1.82) is 0 Å². The van der Waals surface area contributed by atoms with Crippen molar-refractivity contribution in [3.63, 3.8) is 0 Å². The second kappa shape index (κ2) is 9.38. The molecule has 9 heteroatoms. The molecule has 0 saturated carbocycles. The number of thioether (sulfide) groups is 1. The third kappa shape index (κ3) is 5.57. The largest absolute Gasteiger partial charge is 0.492 e. The quantitative estimate of drug-likeness (QED) is 0.704. The maximum Gasteiger partial charge on any atom is 0.233 e. The first-order valence-electron chi connectivity index (χ1n) is 8.93. The number of carbonyl (C=O) groups is 1. The van der Waals surface area contributed by atoms with Crippen LogP contribution in [0.5, 0.6) is 5.75 Å². The second-order valence-electron chi connectivity index (χ2n) is 6.27. The van der Waals surface area contributed by atoms with Gasteiger partial charge in [0.05, 0.1) is 30.3 Å². The monoisotopic (exact) mass is 408 g/mol. The summed E-state index contributed by atoms with van der Waals surface area (Å²) in [7, 11) is 0. The van der Waals surface area contributed by atoms with Crippen LogP contribution in [-0.4, -0.2) is 58.7 Å². The average molecular weight is 409 g/mol. The van der Waals surface area contributed by atoms with E-state index in [1.807, 2.05) is 49.9 Å². The third-order valence-electron chi connectivity index (χ3n) is 3.93. The lowest BCUT2D eigenvalue weighted by Gasteiger charge is -2.35. The zero-order chi connectivity index (χ0) is 19.2. The Morgan fingerprint density at radius 1 is 1.33 bits per heavy atom. The van der Waals surface area contributed by atoms with Crippen LogP contribution in [0, 0.1) is 0 Å². The van der Waals surface area contributed by atoms with Gasteiger partial charge in [-0.3, -0.25) is 4.79 Å². The Morgan fingerprint density at radius 3 is 2.81 bits per heavy atom. The molecular formula is C18H24N4O3S2. The van der Waals surface area contributed by atoms with Gasteiger partial charge in [0.2, 0.25) is 11.0 Å². The summed E-state index contributed by atoms with van der Waals surface area (Å²) >= 11 is 2.84. The van der Waals surface area contributed by atoms with E-state index in [-0.39, 0.29) is 18.1 Å². The Kier molecular flexibility index (Phi) is 6.92. The number of nitrogens with one attached hydrogen (secondary N) is 1. The average Bonchev–Trinajstić information content (AvgIpc) is 3.08. The molecule has 2 aromatic rings. The Morgan fingerprint density at radius 2 is 2.07 bits per heavy atom. The third-order valence-corrected chi connectivity index (χ3v) is 5.88. The van der Waals surface area contributed by atoms with Crippen LogP contribution in [-0.2, 0) is 9.53 Å². The van der Waals surface area contributed by atoms with Crippen molar-refractivity contribution in [3.8, 4) is 5.75 Å². The molecule has 0 aliphatic carbocycles. The van der Waals surface area contributed by atoms with Gasteiger partial charge in [0.1, 0.15) is 5.75 Å². The van der Waals surface area contributed by atoms with Crippen LogP contribution in [0.3, 0.4) is 0 Å². The molecule has 1 aliphatic heterocycles. The molecule has 1 aliphatic rings. The molecule has 1 N–H and O–H groups in total. The SMILES string of the molecule is CCOc1ccccc1Nc1nnc(SCC(=O)N2C[C@H](C)O[C@@H](C)C2)s1. The molecule has 1 saturated heterocycles. The van der Waals surface area contributed by atoms with E-state index in [4.69, 9.17) is 9.47 Å². The molecule has 2 atom stereocenters. The predicted molar refractivity (Wildman–Crippen MR) is 108 cm³/mol. The van der Waals surface area contributed by atoms with Crippen molar-refractivity contribution in [3.05, 3.63) is 24.3 Å². The Hall–Kier alpha value is -1.84.